The molecule has 0 saturated heterocycles. The lowest BCUT2D eigenvalue weighted by Gasteiger charge is -2.14. The zero-order chi connectivity index (χ0) is 17.4. The molecule has 0 saturated carbocycles. The molecular formula is C17H17N5O3. The largest absolute Gasteiger partial charge is 0.454 e. The van der Waals surface area contributed by atoms with Crippen LogP contribution in [-0.4, -0.2) is 44.6 Å². The van der Waals surface area contributed by atoms with Crippen LogP contribution < -0.4 is 9.47 Å². The molecule has 8 heteroatoms. The van der Waals surface area contributed by atoms with Crippen molar-refractivity contribution in [3.05, 3.63) is 47.9 Å². The summed E-state index contributed by atoms with van der Waals surface area (Å²) < 4.78 is 12.4. The van der Waals surface area contributed by atoms with Gasteiger partial charge in [0.1, 0.15) is 5.69 Å². The highest BCUT2D eigenvalue weighted by molar-refractivity contribution is 5.93. The zero-order valence-corrected chi connectivity index (χ0v) is 13.9. The fraction of sp³-hybridized carbons (Fsp3) is 0.235. The average molecular weight is 339 g/mol. The van der Waals surface area contributed by atoms with Crippen molar-refractivity contribution in [3.63, 3.8) is 0 Å². The maximum Gasteiger partial charge on any atom is 0.271 e. The van der Waals surface area contributed by atoms with E-state index in [9.17, 15) is 4.79 Å². The fourth-order valence-corrected chi connectivity index (χ4v) is 2.70. The molecule has 3 aromatic rings. The summed E-state index contributed by atoms with van der Waals surface area (Å²) in [5, 5.41) is 11.3. The van der Waals surface area contributed by atoms with Gasteiger partial charge in [-0.3, -0.25) is 14.6 Å². The van der Waals surface area contributed by atoms with Gasteiger partial charge in [-0.2, -0.15) is 10.2 Å². The number of carbonyl (C=O) groups is 1. The SMILES string of the molecule is CN(Cc1ccn(C)n1)C(=O)c1cc(-c2ccc3c(c2)OCO3)n[nH]1. The van der Waals surface area contributed by atoms with Crippen molar-refractivity contribution >= 4 is 5.91 Å². The Labute approximate surface area is 144 Å². The molecule has 8 nitrogen and oxygen atoms in total. The molecule has 25 heavy (non-hydrogen) atoms. The van der Waals surface area contributed by atoms with E-state index < -0.39 is 0 Å². The topological polar surface area (TPSA) is 85.3 Å². The lowest BCUT2D eigenvalue weighted by Crippen LogP contribution is -2.26. The van der Waals surface area contributed by atoms with Gasteiger partial charge in [-0.1, -0.05) is 0 Å². The predicted octanol–water partition coefficient (Wildman–Crippen LogP) is 1.81. The molecule has 1 N–H and O–H groups in total. The minimum Gasteiger partial charge on any atom is -0.454 e. The van der Waals surface area contributed by atoms with E-state index in [1.807, 2.05) is 37.5 Å². The second-order valence-electron chi connectivity index (χ2n) is 5.88. The molecule has 0 aliphatic carbocycles. The second kappa shape index (κ2) is 5.97. The standard InChI is InChI=1S/C17H17N5O3/c1-21(9-12-5-6-22(2)20-12)17(23)14-8-13(18-19-14)11-3-4-15-16(7-11)25-10-24-15/h3-8H,9-10H2,1-2H3,(H,18,19). The van der Waals surface area contributed by atoms with Gasteiger partial charge >= 0.3 is 0 Å². The Morgan fingerprint density at radius 2 is 2.12 bits per heavy atom. The number of hydrogen-bond donors (Lipinski definition) is 1. The number of aromatic amines is 1. The molecule has 0 unspecified atom stereocenters. The zero-order valence-electron chi connectivity index (χ0n) is 13.9. The van der Waals surface area contributed by atoms with Gasteiger partial charge in [-0.25, -0.2) is 0 Å². The number of carbonyl (C=O) groups excluding carboxylic acids is 1. The number of aryl methyl sites for hydroxylation is 1. The predicted molar refractivity (Wildman–Crippen MR) is 89.2 cm³/mol. The highest BCUT2D eigenvalue weighted by Gasteiger charge is 2.18. The highest BCUT2D eigenvalue weighted by atomic mass is 16.7. The summed E-state index contributed by atoms with van der Waals surface area (Å²) in [6.45, 7) is 0.652. The summed E-state index contributed by atoms with van der Waals surface area (Å²) >= 11 is 0. The molecule has 128 valence electrons. The summed E-state index contributed by atoms with van der Waals surface area (Å²) in [4.78, 5) is 14.2. The van der Waals surface area contributed by atoms with Gasteiger partial charge in [0, 0.05) is 25.9 Å². The van der Waals surface area contributed by atoms with E-state index in [1.54, 1.807) is 22.7 Å². The first-order valence-corrected chi connectivity index (χ1v) is 7.79. The molecule has 0 atom stereocenters. The van der Waals surface area contributed by atoms with Crippen LogP contribution in [0.25, 0.3) is 11.3 Å². The number of benzene rings is 1. The maximum atomic E-state index is 12.6. The van der Waals surface area contributed by atoms with Crippen LogP contribution in [0.1, 0.15) is 16.2 Å². The molecule has 3 heterocycles. The van der Waals surface area contributed by atoms with Crippen LogP contribution >= 0.6 is 0 Å². The van der Waals surface area contributed by atoms with Gasteiger partial charge in [0.25, 0.3) is 5.91 Å². The fourth-order valence-electron chi connectivity index (χ4n) is 2.70. The Kier molecular flexibility index (Phi) is 3.64. The van der Waals surface area contributed by atoms with Crippen LogP contribution in [0.4, 0.5) is 0 Å². The smallest absolute Gasteiger partial charge is 0.271 e. The Balaban J connectivity index is 1.51. The Bertz CT molecular complexity index is 930. The molecule has 0 bridgehead atoms. The van der Waals surface area contributed by atoms with Crippen molar-refractivity contribution in [1.29, 1.82) is 0 Å². The molecule has 4 rings (SSSR count). The number of hydrogen-bond acceptors (Lipinski definition) is 5. The third kappa shape index (κ3) is 2.93. The number of aromatic nitrogens is 4. The van der Waals surface area contributed by atoms with Gasteiger partial charge in [-0.15, -0.1) is 0 Å². The number of amides is 1. The number of rotatable bonds is 4. The molecular weight excluding hydrogens is 322 g/mol. The van der Waals surface area contributed by atoms with Gasteiger partial charge in [0.05, 0.1) is 17.9 Å². The lowest BCUT2D eigenvalue weighted by molar-refractivity contribution is 0.0777. The number of nitrogens with zero attached hydrogens (tertiary/aromatic N) is 4. The molecule has 0 fully saturated rings. The molecule has 1 aliphatic heterocycles. The van der Waals surface area contributed by atoms with Gasteiger partial charge in [0.2, 0.25) is 6.79 Å². The van der Waals surface area contributed by atoms with Crippen LogP contribution in [0.2, 0.25) is 0 Å². The second-order valence-corrected chi connectivity index (χ2v) is 5.88. The highest BCUT2D eigenvalue weighted by Crippen LogP contribution is 2.35. The molecule has 0 radical (unpaired) electrons. The number of H-pyrrole nitrogens is 1. The van der Waals surface area contributed by atoms with E-state index in [0.29, 0.717) is 29.4 Å². The average Bonchev–Trinajstić information content (AvgIpc) is 3.33. The van der Waals surface area contributed by atoms with Gasteiger partial charge in [-0.05, 0) is 30.3 Å². The first kappa shape index (κ1) is 15.3. The lowest BCUT2D eigenvalue weighted by atomic mass is 10.1. The van der Waals surface area contributed by atoms with Crippen LogP contribution in [0.5, 0.6) is 11.5 Å². The van der Waals surface area contributed by atoms with E-state index in [4.69, 9.17) is 9.47 Å². The number of fused-ring (bicyclic) bond motifs is 1. The summed E-state index contributed by atoms with van der Waals surface area (Å²) in [6.07, 6.45) is 1.85. The maximum absolute atomic E-state index is 12.6. The molecule has 0 spiro atoms. The third-order valence-corrected chi connectivity index (χ3v) is 3.99. The van der Waals surface area contributed by atoms with Crippen molar-refractivity contribution < 1.29 is 14.3 Å². The third-order valence-electron chi connectivity index (χ3n) is 3.99. The van der Waals surface area contributed by atoms with Crippen LogP contribution in [0, 0.1) is 0 Å². The van der Waals surface area contributed by atoms with Crippen molar-refractivity contribution in [3.8, 4) is 22.8 Å². The van der Waals surface area contributed by atoms with Crippen molar-refractivity contribution in [2.45, 2.75) is 6.54 Å². The van der Waals surface area contributed by atoms with Crippen molar-refractivity contribution in [2.75, 3.05) is 13.8 Å². The van der Waals surface area contributed by atoms with Crippen LogP contribution in [-0.2, 0) is 13.6 Å². The van der Waals surface area contributed by atoms with Gasteiger partial charge < -0.3 is 14.4 Å². The molecule has 1 amide bonds. The minimum absolute atomic E-state index is 0.148. The Hall–Kier alpha value is -3.29. The number of ether oxygens (including phenoxy) is 2. The van der Waals surface area contributed by atoms with Crippen molar-refractivity contribution in [2.24, 2.45) is 7.05 Å². The van der Waals surface area contributed by atoms with Gasteiger partial charge in [0.15, 0.2) is 11.5 Å². The Morgan fingerprint density at radius 3 is 2.92 bits per heavy atom. The summed E-state index contributed by atoms with van der Waals surface area (Å²) in [5.41, 5.74) is 2.78. The summed E-state index contributed by atoms with van der Waals surface area (Å²) in [6, 6.07) is 9.19. The monoisotopic (exact) mass is 339 g/mol. The normalized spacial score (nSPS) is 12.4. The minimum atomic E-state index is -0.148. The quantitative estimate of drug-likeness (QED) is 0.783. The first-order chi connectivity index (χ1) is 12.1. The van der Waals surface area contributed by atoms with E-state index in [2.05, 4.69) is 15.3 Å². The first-order valence-electron chi connectivity index (χ1n) is 7.79. The van der Waals surface area contributed by atoms with E-state index >= 15 is 0 Å². The molecule has 1 aromatic carbocycles. The summed E-state index contributed by atoms with van der Waals surface area (Å²) in [7, 11) is 3.58. The molecule has 2 aromatic heterocycles. The van der Waals surface area contributed by atoms with E-state index in [1.165, 1.54) is 0 Å². The molecule has 1 aliphatic rings. The van der Waals surface area contributed by atoms with E-state index in [0.717, 1.165) is 11.3 Å². The number of nitrogens with one attached hydrogen (secondary N) is 1. The van der Waals surface area contributed by atoms with Crippen LogP contribution in [0.3, 0.4) is 0 Å². The Morgan fingerprint density at radius 1 is 1.28 bits per heavy atom. The van der Waals surface area contributed by atoms with Crippen LogP contribution in [0.15, 0.2) is 36.5 Å². The van der Waals surface area contributed by atoms with Crippen molar-refractivity contribution in [1.82, 2.24) is 24.9 Å². The van der Waals surface area contributed by atoms with E-state index in [-0.39, 0.29) is 12.7 Å². The summed E-state index contributed by atoms with van der Waals surface area (Å²) in [5.74, 6) is 1.25.